The van der Waals surface area contributed by atoms with Crippen LogP contribution in [0.1, 0.15) is 70.1 Å². The molecule has 1 aliphatic rings. The van der Waals surface area contributed by atoms with Gasteiger partial charge in [-0.3, -0.25) is 9.59 Å². The Morgan fingerprint density at radius 1 is 1.22 bits per heavy atom. The van der Waals surface area contributed by atoms with Crippen molar-refractivity contribution < 1.29 is 34.1 Å². The van der Waals surface area contributed by atoms with E-state index in [2.05, 4.69) is 5.32 Å². The van der Waals surface area contributed by atoms with Gasteiger partial charge in [0.1, 0.15) is 30.3 Å². The highest BCUT2D eigenvalue weighted by Gasteiger charge is 2.36. The van der Waals surface area contributed by atoms with E-state index in [0.717, 1.165) is 29.5 Å². The van der Waals surface area contributed by atoms with Crippen LogP contribution in [0.25, 0.3) is 0 Å². The van der Waals surface area contributed by atoms with Crippen LogP contribution < -0.4 is 14.8 Å². The zero-order chi connectivity index (χ0) is 27.9. The van der Waals surface area contributed by atoms with Crippen LogP contribution in [0, 0.1) is 30.9 Å². The van der Waals surface area contributed by atoms with Gasteiger partial charge in [-0.05, 0) is 70.2 Å². The van der Waals surface area contributed by atoms with Crippen molar-refractivity contribution in [2.45, 2.75) is 97.9 Å². The number of hydrogen-bond acceptors (Lipinski definition) is 9. The van der Waals surface area contributed by atoms with Crippen LogP contribution in [0.2, 0.25) is 0 Å². The highest BCUT2D eigenvalue weighted by atomic mass is 17.0. The van der Waals surface area contributed by atoms with E-state index < -0.39 is 28.8 Å². The first-order chi connectivity index (χ1) is 17.2. The fourth-order valence-corrected chi connectivity index (χ4v) is 4.72. The average Bonchev–Trinajstić information content (AvgIpc) is 2.80. The van der Waals surface area contributed by atoms with Crippen molar-refractivity contribution in [3.8, 4) is 11.5 Å². The summed E-state index contributed by atoms with van der Waals surface area (Å²) < 4.78 is 11.2. The summed E-state index contributed by atoms with van der Waals surface area (Å²) in [5.74, 6) is 0.540. The molecule has 1 amide bonds. The van der Waals surface area contributed by atoms with Crippen LogP contribution >= 0.6 is 0 Å². The van der Waals surface area contributed by atoms with E-state index in [9.17, 15) is 24.8 Å². The van der Waals surface area contributed by atoms with E-state index >= 15 is 0 Å². The van der Waals surface area contributed by atoms with Gasteiger partial charge in [-0.1, -0.05) is 12.8 Å². The first-order valence-corrected chi connectivity index (χ1v) is 12.6. The van der Waals surface area contributed by atoms with Gasteiger partial charge in [0.2, 0.25) is 5.91 Å². The van der Waals surface area contributed by atoms with E-state index in [1.807, 2.05) is 34.6 Å². The number of aliphatic hydroxyl groups is 1. The van der Waals surface area contributed by atoms with Gasteiger partial charge < -0.3 is 29.6 Å². The molecule has 1 fully saturated rings. The maximum atomic E-state index is 12.5. The van der Waals surface area contributed by atoms with Gasteiger partial charge in [0, 0.05) is 32.5 Å². The van der Waals surface area contributed by atoms with Crippen LogP contribution in [-0.2, 0) is 14.4 Å². The number of benzene rings is 1. The van der Waals surface area contributed by atoms with E-state index in [0.29, 0.717) is 30.9 Å². The molecular formula is C26H41N3O8. The van der Waals surface area contributed by atoms with Crippen molar-refractivity contribution in [2.75, 3.05) is 19.7 Å². The van der Waals surface area contributed by atoms with Gasteiger partial charge in [-0.15, -0.1) is 10.1 Å². The monoisotopic (exact) mass is 523 g/mol. The molecule has 3 atom stereocenters. The van der Waals surface area contributed by atoms with Crippen molar-refractivity contribution >= 4 is 11.9 Å². The minimum Gasteiger partial charge on any atom is -0.491 e. The third-order valence-electron chi connectivity index (χ3n) is 6.73. The summed E-state index contributed by atoms with van der Waals surface area (Å²) in [6, 6.07) is 1.40. The molecule has 11 heteroatoms. The molecule has 0 saturated heterocycles. The number of ether oxygens (including phenoxy) is 2. The van der Waals surface area contributed by atoms with Gasteiger partial charge >= 0.3 is 5.97 Å². The number of rotatable bonds is 12. The van der Waals surface area contributed by atoms with E-state index in [1.54, 1.807) is 11.0 Å². The van der Waals surface area contributed by atoms with Crippen LogP contribution in [-0.4, -0.2) is 70.5 Å². The second-order valence-corrected chi connectivity index (χ2v) is 10.5. The summed E-state index contributed by atoms with van der Waals surface area (Å²) in [5, 5.41) is 24.0. The van der Waals surface area contributed by atoms with Gasteiger partial charge in [0.15, 0.2) is 0 Å². The van der Waals surface area contributed by atoms with Gasteiger partial charge in [-0.25, -0.2) is 0 Å². The molecule has 11 nitrogen and oxygen atoms in total. The van der Waals surface area contributed by atoms with Crippen LogP contribution in [0.3, 0.4) is 0 Å². The number of amides is 1. The predicted molar refractivity (Wildman–Crippen MR) is 137 cm³/mol. The second-order valence-electron chi connectivity index (χ2n) is 10.5. The number of carbonyl (C=O) groups is 2. The second kappa shape index (κ2) is 13.0. The molecular weight excluding hydrogens is 482 g/mol. The molecule has 2 rings (SSSR count). The smallest absolute Gasteiger partial charge is 0.308 e. The number of esters is 1. The molecule has 208 valence electrons. The van der Waals surface area contributed by atoms with E-state index in [1.165, 1.54) is 13.8 Å². The predicted octanol–water partition coefficient (Wildman–Crippen LogP) is 3.01. The van der Waals surface area contributed by atoms with Gasteiger partial charge in [-0.2, -0.15) is 0 Å². The molecule has 1 aromatic rings. The molecule has 0 radical (unpaired) electrons. The Morgan fingerprint density at radius 2 is 1.86 bits per heavy atom. The van der Waals surface area contributed by atoms with Crippen molar-refractivity contribution in [1.82, 2.24) is 10.2 Å². The number of nitrogens with zero attached hydrogens (tertiary/aromatic N) is 2. The summed E-state index contributed by atoms with van der Waals surface area (Å²) in [5.41, 5.74) is 1.79. The standard InChI is InChI=1S/C26H41N3O8/c1-16-12-24(17(2)18(3)25(16)36-20(5)31)35-14-21(32)13-27-26(6,7)15-28(19(4)30)22-10-8-9-11-23(22)37-29(33)34/h12,21-23,27,32H,8-11,13-15H2,1-7H3. The minimum absolute atomic E-state index is 0.0352. The Kier molecular flexibility index (Phi) is 10.7. The first kappa shape index (κ1) is 30.3. The molecule has 1 aromatic carbocycles. The quantitative estimate of drug-likeness (QED) is 0.183. The fourth-order valence-electron chi connectivity index (χ4n) is 4.72. The Balaban J connectivity index is 1.98. The van der Waals surface area contributed by atoms with Crippen LogP contribution in [0.4, 0.5) is 0 Å². The minimum atomic E-state index is -0.835. The number of nitrogens with one attached hydrogen (secondary N) is 1. The maximum Gasteiger partial charge on any atom is 0.308 e. The zero-order valence-corrected chi connectivity index (χ0v) is 23.0. The van der Waals surface area contributed by atoms with Crippen LogP contribution in [0.15, 0.2) is 6.07 Å². The third-order valence-corrected chi connectivity index (χ3v) is 6.73. The molecule has 0 aromatic heterocycles. The number of carbonyl (C=O) groups excluding carboxylic acids is 2. The Hall–Kier alpha value is -2.92. The lowest BCUT2D eigenvalue weighted by Gasteiger charge is -2.42. The Labute approximate surface area is 218 Å². The number of aliphatic hydroxyl groups excluding tert-OH is 1. The first-order valence-electron chi connectivity index (χ1n) is 12.6. The molecule has 0 bridgehead atoms. The number of β-amino-alcohol motifs (C(OH)–C–C–N with tert-alkyl or cyclic N) is 1. The van der Waals surface area contributed by atoms with Crippen LogP contribution in [0.5, 0.6) is 11.5 Å². The highest BCUT2D eigenvalue weighted by molar-refractivity contribution is 5.74. The summed E-state index contributed by atoms with van der Waals surface area (Å²) in [7, 11) is 0. The normalized spacial score (nSPS) is 18.6. The lowest BCUT2D eigenvalue weighted by atomic mass is 9.90. The zero-order valence-electron chi connectivity index (χ0n) is 23.0. The van der Waals surface area contributed by atoms with Gasteiger partial charge in [0.05, 0.1) is 6.04 Å². The summed E-state index contributed by atoms with van der Waals surface area (Å²) in [4.78, 5) is 41.4. The lowest BCUT2D eigenvalue weighted by Crippen LogP contribution is -2.58. The Morgan fingerprint density at radius 3 is 2.46 bits per heavy atom. The molecule has 3 unspecified atom stereocenters. The molecule has 0 spiro atoms. The average molecular weight is 524 g/mol. The van der Waals surface area contributed by atoms with Crippen molar-refractivity contribution in [1.29, 1.82) is 0 Å². The van der Waals surface area contributed by atoms with E-state index in [4.69, 9.17) is 14.3 Å². The molecule has 1 aliphatic carbocycles. The molecule has 37 heavy (non-hydrogen) atoms. The summed E-state index contributed by atoms with van der Waals surface area (Å²) in [6.07, 6.45) is 1.37. The number of aryl methyl sites for hydroxylation is 1. The maximum absolute atomic E-state index is 12.5. The van der Waals surface area contributed by atoms with Crippen molar-refractivity contribution in [3.63, 3.8) is 0 Å². The molecule has 0 heterocycles. The summed E-state index contributed by atoms with van der Waals surface area (Å²) >= 11 is 0. The Bertz CT molecular complexity index is 981. The third kappa shape index (κ3) is 8.85. The van der Waals surface area contributed by atoms with E-state index in [-0.39, 0.29) is 25.1 Å². The van der Waals surface area contributed by atoms with Crippen molar-refractivity contribution in [3.05, 3.63) is 32.9 Å². The highest BCUT2D eigenvalue weighted by Crippen LogP contribution is 2.33. The van der Waals surface area contributed by atoms with Crippen molar-refractivity contribution in [2.24, 2.45) is 0 Å². The SMILES string of the molecule is CC(=O)Oc1c(C)cc(OCC(O)CNC(C)(C)CN(C(C)=O)C2CCCCC2O[N+](=O)[O-])c(C)c1C. The largest absolute Gasteiger partial charge is 0.491 e. The lowest BCUT2D eigenvalue weighted by molar-refractivity contribution is -0.770. The molecule has 0 aliphatic heterocycles. The fraction of sp³-hybridized carbons (Fsp3) is 0.692. The van der Waals surface area contributed by atoms with Gasteiger partial charge in [0.25, 0.3) is 5.09 Å². The topological polar surface area (TPSA) is 140 Å². The summed E-state index contributed by atoms with van der Waals surface area (Å²) in [6.45, 7) is 12.7. The molecule has 1 saturated carbocycles. The number of hydrogen-bond donors (Lipinski definition) is 2. The molecule has 2 N–H and O–H groups in total.